The lowest BCUT2D eigenvalue weighted by Gasteiger charge is -2.22. The average molecular weight is 266 g/mol. The summed E-state index contributed by atoms with van der Waals surface area (Å²) in [7, 11) is 0. The van der Waals surface area contributed by atoms with Crippen LogP contribution in [-0.2, 0) is 0 Å². The molecule has 1 unspecified atom stereocenters. The highest BCUT2D eigenvalue weighted by molar-refractivity contribution is 5.86. The Balaban J connectivity index is 1.92. The van der Waals surface area contributed by atoms with Crippen molar-refractivity contribution in [1.82, 2.24) is 5.43 Å². The minimum Gasteiger partial charge on any atom is -0.271 e. The van der Waals surface area contributed by atoms with E-state index in [4.69, 9.17) is 5.84 Å². The number of fused-ring (bicyclic) bond motifs is 1. The van der Waals surface area contributed by atoms with E-state index >= 15 is 0 Å². The van der Waals surface area contributed by atoms with Crippen LogP contribution in [0.2, 0.25) is 0 Å². The van der Waals surface area contributed by atoms with Gasteiger partial charge in [-0.1, -0.05) is 54.1 Å². The molecular formula is C18H22N2. The van der Waals surface area contributed by atoms with Gasteiger partial charge in [-0.25, -0.2) is 0 Å². The number of hydrogen-bond acceptors (Lipinski definition) is 2. The average Bonchev–Trinajstić information content (AvgIpc) is 2.53. The molecule has 0 spiro atoms. The molecule has 2 heteroatoms. The van der Waals surface area contributed by atoms with Crippen molar-refractivity contribution < 1.29 is 0 Å². The fraction of sp³-hybridized carbons (Fsp3) is 0.333. The standard InChI is InChI=1S/C18H22N2/c19-20-18(13-14-7-2-1-3-8-14)17-12-6-10-15-9-4-5-11-16(15)17/h4-7,9-12,18,20H,1-3,8,13,19H2. The fourth-order valence-corrected chi connectivity index (χ4v) is 3.17. The summed E-state index contributed by atoms with van der Waals surface area (Å²) in [5, 5.41) is 2.58. The first-order chi connectivity index (χ1) is 9.88. The van der Waals surface area contributed by atoms with Crippen molar-refractivity contribution in [1.29, 1.82) is 0 Å². The molecule has 1 atom stereocenters. The molecule has 0 bridgehead atoms. The molecule has 0 aliphatic heterocycles. The van der Waals surface area contributed by atoms with Crippen LogP contribution < -0.4 is 11.3 Å². The number of hydrazine groups is 1. The predicted octanol–water partition coefficient (Wildman–Crippen LogP) is 4.23. The van der Waals surface area contributed by atoms with Crippen molar-refractivity contribution in [3.8, 4) is 0 Å². The Morgan fingerprint density at radius 3 is 2.70 bits per heavy atom. The molecule has 2 aromatic rings. The van der Waals surface area contributed by atoms with Gasteiger partial charge in [0.1, 0.15) is 0 Å². The van der Waals surface area contributed by atoms with Crippen molar-refractivity contribution >= 4 is 10.8 Å². The van der Waals surface area contributed by atoms with Gasteiger partial charge < -0.3 is 0 Å². The van der Waals surface area contributed by atoms with Crippen molar-refractivity contribution in [3.05, 3.63) is 59.7 Å². The van der Waals surface area contributed by atoms with E-state index in [1.807, 2.05) is 0 Å². The van der Waals surface area contributed by atoms with Gasteiger partial charge in [-0.15, -0.1) is 0 Å². The zero-order valence-corrected chi connectivity index (χ0v) is 11.8. The van der Waals surface area contributed by atoms with Crippen LogP contribution in [0, 0.1) is 0 Å². The first kappa shape index (κ1) is 13.3. The van der Waals surface area contributed by atoms with Gasteiger partial charge in [0, 0.05) is 0 Å². The van der Waals surface area contributed by atoms with Crippen LogP contribution in [0.25, 0.3) is 10.8 Å². The monoisotopic (exact) mass is 266 g/mol. The SMILES string of the molecule is NNC(CC1=CCCCC1)c1cccc2ccccc12. The summed E-state index contributed by atoms with van der Waals surface area (Å²) in [4.78, 5) is 0. The Bertz CT molecular complexity index is 610. The summed E-state index contributed by atoms with van der Waals surface area (Å²) in [6.45, 7) is 0. The summed E-state index contributed by atoms with van der Waals surface area (Å²) in [6.07, 6.45) is 8.52. The van der Waals surface area contributed by atoms with Crippen LogP contribution in [0.15, 0.2) is 54.1 Å². The highest BCUT2D eigenvalue weighted by Crippen LogP contribution is 2.31. The number of benzene rings is 2. The molecule has 0 saturated heterocycles. The second-order valence-electron chi connectivity index (χ2n) is 5.60. The Kier molecular flexibility index (Phi) is 4.14. The molecule has 2 nitrogen and oxygen atoms in total. The molecule has 0 aromatic heterocycles. The topological polar surface area (TPSA) is 38.0 Å². The van der Waals surface area contributed by atoms with E-state index in [1.165, 1.54) is 42.0 Å². The predicted molar refractivity (Wildman–Crippen MR) is 85.2 cm³/mol. The van der Waals surface area contributed by atoms with Crippen molar-refractivity contribution in [2.75, 3.05) is 0 Å². The molecule has 2 aromatic carbocycles. The number of allylic oxidation sites excluding steroid dienone is 1. The molecule has 0 fully saturated rings. The first-order valence-corrected chi connectivity index (χ1v) is 7.50. The third kappa shape index (κ3) is 2.77. The molecule has 20 heavy (non-hydrogen) atoms. The van der Waals surface area contributed by atoms with Crippen LogP contribution in [0.5, 0.6) is 0 Å². The molecule has 0 saturated carbocycles. The maximum atomic E-state index is 5.84. The van der Waals surface area contributed by atoms with Gasteiger partial charge in [0.25, 0.3) is 0 Å². The van der Waals surface area contributed by atoms with Crippen molar-refractivity contribution in [2.24, 2.45) is 5.84 Å². The summed E-state index contributed by atoms with van der Waals surface area (Å²) in [5.41, 5.74) is 5.87. The highest BCUT2D eigenvalue weighted by Gasteiger charge is 2.15. The van der Waals surface area contributed by atoms with E-state index in [-0.39, 0.29) is 6.04 Å². The van der Waals surface area contributed by atoms with E-state index in [0.29, 0.717) is 0 Å². The maximum Gasteiger partial charge on any atom is 0.0503 e. The molecule has 0 radical (unpaired) electrons. The Morgan fingerprint density at radius 2 is 1.90 bits per heavy atom. The molecular weight excluding hydrogens is 244 g/mol. The van der Waals surface area contributed by atoms with E-state index < -0.39 is 0 Å². The van der Waals surface area contributed by atoms with Crippen LogP contribution in [0.4, 0.5) is 0 Å². The zero-order valence-electron chi connectivity index (χ0n) is 11.8. The molecule has 1 aliphatic carbocycles. The molecule has 1 aliphatic rings. The largest absolute Gasteiger partial charge is 0.271 e. The quantitative estimate of drug-likeness (QED) is 0.493. The van der Waals surface area contributed by atoms with Crippen LogP contribution in [0.3, 0.4) is 0 Å². The van der Waals surface area contributed by atoms with Crippen molar-refractivity contribution in [2.45, 2.75) is 38.1 Å². The third-order valence-electron chi connectivity index (χ3n) is 4.25. The van der Waals surface area contributed by atoms with Gasteiger partial charge in [-0.3, -0.25) is 11.3 Å². The lowest BCUT2D eigenvalue weighted by molar-refractivity contribution is 0.532. The van der Waals surface area contributed by atoms with E-state index in [9.17, 15) is 0 Å². The first-order valence-electron chi connectivity index (χ1n) is 7.50. The van der Waals surface area contributed by atoms with Gasteiger partial charge in [0.2, 0.25) is 0 Å². The van der Waals surface area contributed by atoms with E-state index in [0.717, 1.165) is 6.42 Å². The smallest absolute Gasteiger partial charge is 0.0503 e. The summed E-state index contributed by atoms with van der Waals surface area (Å²) < 4.78 is 0. The van der Waals surface area contributed by atoms with Gasteiger partial charge in [0.15, 0.2) is 0 Å². The molecule has 3 N–H and O–H groups in total. The Labute approximate surface area is 120 Å². The van der Waals surface area contributed by atoms with Gasteiger partial charge in [-0.2, -0.15) is 0 Å². The summed E-state index contributed by atoms with van der Waals surface area (Å²) in [5.74, 6) is 5.84. The van der Waals surface area contributed by atoms with Crippen molar-refractivity contribution in [3.63, 3.8) is 0 Å². The molecule has 3 rings (SSSR count). The maximum absolute atomic E-state index is 5.84. The summed E-state index contributed by atoms with van der Waals surface area (Å²) in [6, 6.07) is 15.2. The van der Waals surface area contributed by atoms with Crippen LogP contribution in [0.1, 0.15) is 43.7 Å². The number of rotatable bonds is 4. The van der Waals surface area contributed by atoms with Gasteiger partial charge in [0.05, 0.1) is 6.04 Å². The third-order valence-corrected chi connectivity index (χ3v) is 4.25. The van der Waals surface area contributed by atoms with Crippen LogP contribution in [-0.4, -0.2) is 0 Å². The fourth-order valence-electron chi connectivity index (χ4n) is 3.17. The van der Waals surface area contributed by atoms with Crippen LogP contribution >= 0.6 is 0 Å². The van der Waals surface area contributed by atoms with Gasteiger partial charge >= 0.3 is 0 Å². The second kappa shape index (κ2) is 6.21. The van der Waals surface area contributed by atoms with E-state index in [1.54, 1.807) is 5.57 Å². The zero-order chi connectivity index (χ0) is 13.8. The number of nitrogens with two attached hydrogens (primary N) is 1. The minimum absolute atomic E-state index is 0.199. The lowest BCUT2D eigenvalue weighted by Crippen LogP contribution is -2.28. The Hall–Kier alpha value is -1.64. The van der Waals surface area contributed by atoms with E-state index in [2.05, 4.69) is 54.0 Å². The van der Waals surface area contributed by atoms with Gasteiger partial charge in [-0.05, 0) is 48.4 Å². The highest BCUT2D eigenvalue weighted by atomic mass is 15.2. The number of nitrogens with one attached hydrogen (secondary N) is 1. The minimum atomic E-state index is 0.199. The number of hydrogen-bond donors (Lipinski definition) is 2. The molecule has 104 valence electrons. The lowest BCUT2D eigenvalue weighted by atomic mass is 9.90. The normalized spacial score (nSPS) is 16.9. The Morgan fingerprint density at radius 1 is 1.05 bits per heavy atom. The molecule has 0 amide bonds. The molecule has 0 heterocycles. The summed E-state index contributed by atoms with van der Waals surface area (Å²) >= 11 is 0. The second-order valence-corrected chi connectivity index (χ2v) is 5.60.